The number of methoxy groups -OCH3 is 2. The molecule has 2 atom stereocenters. The van der Waals surface area contributed by atoms with Crippen LogP contribution in [0.15, 0.2) is 77.2 Å². The van der Waals surface area contributed by atoms with Crippen molar-refractivity contribution in [2.45, 2.75) is 26.5 Å². The molecule has 0 aliphatic carbocycles. The predicted octanol–water partition coefficient (Wildman–Crippen LogP) is 5.49. The van der Waals surface area contributed by atoms with E-state index in [9.17, 15) is 13.6 Å². The average molecular weight is 523 g/mol. The normalized spacial score (nSPS) is 12.8. The number of esters is 1. The SMILES string of the molecule is COC(=O)C(C(C)C)N(c1ccc(-c2ccc(OCc3cc4ccccc4o3)c(OC)c2)cc1)S(=O)[O-]. The number of para-hydroxylation sites is 1. The third-order valence-electron chi connectivity index (χ3n) is 5.95. The van der Waals surface area contributed by atoms with Gasteiger partial charge in [-0.3, -0.25) is 8.51 Å². The minimum Gasteiger partial charge on any atom is -0.755 e. The van der Waals surface area contributed by atoms with Crippen LogP contribution in [0.25, 0.3) is 22.1 Å². The highest BCUT2D eigenvalue weighted by atomic mass is 32.2. The molecule has 0 bridgehead atoms. The zero-order chi connectivity index (χ0) is 26.5. The molecule has 1 aromatic heterocycles. The van der Waals surface area contributed by atoms with Crippen LogP contribution in [0.3, 0.4) is 0 Å². The molecule has 0 fully saturated rings. The number of carbonyl (C=O) groups excluding carboxylic acids is 1. The van der Waals surface area contributed by atoms with Crippen LogP contribution >= 0.6 is 0 Å². The molecular formula is C28H28NO7S-. The molecule has 2 unspecified atom stereocenters. The standard InChI is InChI=1S/C28H29NO7S/c1-18(2)27(28(30)34-4)29(37(31)32)22-12-9-19(10-13-22)20-11-14-25(26(16-20)33-3)35-17-23-15-21-7-5-6-8-24(21)36-23/h5-16,18,27H,17H2,1-4H3,(H,31,32)/p-1. The molecule has 0 aliphatic heterocycles. The van der Waals surface area contributed by atoms with Crippen molar-refractivity contribution in [2.75, 3.05) is 18.5 Å². The van der Waals surface area contributed by atoms with Gasteiger partial charge < -0.3 is 23.2 Å². The van der Waals surface area contributed by atoms with Crippen molar-refractivity contribution in [1.29, 1.82) is 0 Å². The van der Waals surface area contributed by atoms with E-state index in [1.54, 1.807) is 45.2 Å². The maximum absolute atomic E-state index is 12.3. The van der Waals surface area contributed by atoms with Gasteiger partial charge in [0.25, 0.3) is 0 Å². The zero-order valence-corrected chi connectivity index (χ0v) is 21.8. The molecule has 37 heavy (non-hydrogen) atoms. The van der Waals surface area contributed by atoms with E-state index in [1.807, 2.05) is 48.5 Å². The van der Waals surface area contributed by atoms with Crippen LogP contribution in [0.5, 0.6) is 11.5 Å². The lowest BCUT2D eigenvalue weighted by atomic mass is 10.0. The van der Waals surface area contributed by atoms with Gasteiger partial charge in [0, 0.05) is 22.3 Å². The van der Waals surface area contributed by atoms with Gasteiger partial charge in [0.05, 0.1) is 14.2 Å². The number of rotatable bonds is 10. The van der Waals surface area contributed by atoms with E-state index < -0.39 is 23.3 Å². The first-order chi connectivity index (χ1) is 17.8. The van der Waals surface area contributed by atoms with Gasteiger partial charge in [-0.1, -0.05) is 50.2 Å². The molecule has 0 spiro atoms. The fourth-order valence-electron chi connectivity index (χ4n) is 4.12. The van der Waals surface area contributed by atoms with Gasteiger partial charge in [0.2, 0.25) is 0 Å². The van der Waals surface area contributed by atoms with Gasteiger partial charge in [-0.2, -0.15) is 0 Å². The highest BCUT2D eigenvalue weighted by Gasteiger charge is 2.31. The summed E-state index contributed by atoms with van der Waals surface area (Å²) in [5.74, 6) is 0.905. The molecule has 4 rings (SSSR count). The summed E-state index contributed by atoms with van der Waals surface area (Å²) >= 11 is -2.67. The van der Waals surface area contributed by atoms with Gasteiger partial charge in [-0.25, -0.2) is 4.79 Å². The summed E-state index contributed by atoms with van der Waals surface area (Å²) in [4.78, 5) is 12.3. The third-order valence-corrected chi connectivity index (χ3v) is 6.71. The number of nitrogens with zero attached hydrogens (tertiary/aromatic N) is 1. The maximum Gasteiger partial charge on any atom is 0.329 e. The molecule has 194 valence electrons. The van der Waals surface area contributed by atoms with E-state index in [4.69, 9.17) is 18.6 Å². The number of ether oxygens (including phenoxy) is 3. The molecule has 0 saturated carbocycles. The summed E-state index contributed by atoms with van der Waals surface area (Å²) in [5.41, 5.74) is 2.85. The first-order valence-corrected chi connectivity index (χ1v) is 12.7. The second-order valence-corrected chi connectivity index (χ2v) is 9.53. The molecule has 0 radical (unpaired) electrons. The summed E-state index contributed by atoms with van der Waals surface area (Å²) in [6.45, 7) is 3.78. The fraction of sp³-hybridized carbons (Fsp3) is 0.250. The van der Waals surface area contributed by atoms with Gasteiger partial charge in [0.1, 0.15) is 24.0 Å². The van der Waals surface area contributed by atoms with Crippen molar-refractivity contribution in [1.82, 2.24) is 0 Å². The number of hydrogen-bond donors (Lipinski definition) is 0. The van der Waals surface area contributed by atoms with Crippen LogP contribution in [0.1, 0.15) is 19.6 Å². The lowest BCUT2D eigenvalue weighted by Gasteiger charge is -2.35. The first-order valence-electron chi connectivity index (χ1n) is 11.7. The van der Waals surface area contributed by atoms with Crippen molar-refractivity contribution >= 4 is 33.9 Å². The van der Waals surface area contributed by atoms with Gasteiger partial charge in [-0.05, 0) is 53.4 Å². The molecule has 1 heterocycles. The Kier molecular flexibility index (Phi) is 8.15. The number of benzene rings is 3. The summed E-state index contributed by atoms with van der Waals surface area (Å²) in [5, 5.41) is 1.01. The Morgan fingerprint density at radius 1 is 0.973 bits per heavy atom. The van der Waals surface area contributed by atoms with E-state index in [-0.39, 0.29) is 12.5 Å². The zero-order valence-electron chi connectivity index (χ0n) is 21.0. The first kappa shape index (κ1) is 26.2. The predicted molar refractivity (Wildman–Crippen MR) is 141 cm³/mol. The van der Waals surface area contributed by atoms with Crippen molar-refractivity contribution < 1.29 is 32.2 Å². The molecule has 4 aromatic rings. The second kappa shape index (κ2) is 11.5. The van der Waals surface area contributed by atoms with Gasteiger partial charge in [-0.15, -0.1) is 0 Å². The van der Waals surface area contributed by atoms with Crippen molar-refractivity contribution in [3.8, 4) is 22.6 Å². The molecule has 0 saturated heterocycles. The quantitative estimate of drug-likeness (QED) is 0.201. The van der Waals surface area contributed by atoms with Crippen LogP contribution in [-0.2, 0) is 27.4 Å². The lowest BCUT2D eigenvalue weighted by molar-refractivity contribution is -0.142. The van der Waals surface area contributed by atoms with E-state index in [0.717, 1.165) is 26.4 Å². The molecule has 3 aromatic carbocycles. The average Bonchev–Trinajstić information content (AvgIpc) is 3.33. The maximum atomic E-state index is 12.3. The fourth-order valence-corrected chi connectivity index (χ4v) is 4.93. The Bertz CT molecular complexity index is 1360. The highest BCUT2D eigenvalue weighted by Crippen LogP contribution is 2.34. The number of fused-ring (bicyclic) bond motifs is 1. The molecule has 0 amide bonds. The minimum absolute atomic E-state index is 0.248. The highest BCUT2D eigenvalue weighted by molar-refractivity contribution is 7.80. The van der Waals surface area contributed by atoms with Crippen molar-refractivity contribution in [2.24, 2.45) is 5.92 Å². The van der Waals surface area contributed by atoms with Crippen LogP contribution in [0.2, 0.25) is 0 Å². The van der Waals surface area contributed by atoms with Crippen molar-refractivity contribution in [3.63, 3.8) is 0 Å². The number of carbonyl (C=O) groups is 1. The van der Waals surface area contributed by atoms with E-state index in [1.165, 1.54) is 7.11 Å². The van der Waals surface area contributed by atoms with Crippen LogP contribution in [0.4, 0.5) is 5.69 Å². The van der Waals surface area contributed by atoms with Crippen LogP contribution in [-0.4, -0.2) is 35.0 Å². The number of furan rings is 1. The molecule has 9 heteroatoms. The third kappa shape index (κ3) is 5.79. The summed E-state index contributed by atoms with van der Waals surface area (Å²) < 4.78 is 47.3. The van der Waals surface area contributed by atoms with Crippen LogP contribution < -0.4 is 13.8 Å². The van der Waals surface area contributed by atoms with Crippen molar-refractivity contribution in [3.05, 3.63) is 78.6 Å². The van der Waals surface area contributed by atoms with Gasteiger partial charge in [0.15, 0.2) is 11.5 Å². The molecule has 8 nitrogen and oxygen atoms in total. The van der Waals surface area contributed by atoms with Gasteiger partial charge >= 0.3 is 5.97 Å². The Hall–Kier alpha value is -3.82. The Balaban J connectivity index is 1.54. The second-order valence-electron chi connectivity index (χ2n) is 8.71. The smallest absolute Gasteiger partial charge is 0.329 e. The van der Waals surface area contributed by atoms with E-state index in [0.29, 0.717) is 22.9 Å². The summed E-state index contributed by atoms with van der Waals surface area (Å²) in [7, 11) is 2.81. The topological polar surface area (TPSA) is 101 Å². The van der Waals surface area contributed by atoms with E-state index in [2.05, 4.69) is 0 Å². The Morgan fingerprint density at radius 3 is 2.30 bits per heavy atom. The monoisotopic (exact) mass is 522 g/mol. The largest absolute Gasteiger partial charge is 0.755 e. The number of anilines is 1. The van der Waals surface area contributed by atoms with E-state index >= 15 is 0 Å². The summed E-state index contributed by atoms with van der Waals surface area (Å²) in [6.07, 6.45) is 0. The number of hydrogen-bond acceptors (Lipinski definition) is 7. The Labute approximate surface area is 218 Å². The van der Waals surface area contributed by atoms with Crippen LogP contribution in [0, 0.1) is 5.92 Å². The molecule has 0 aliphatic rings. The summed E-state index contributed by atoms with van der Waals surface area (Å²) in [6, 6.07) is 21.2. The molecule has 0 N–H and O–H groups in total. The molecular weight excluding hydrogens is 494 g/mol. The Morgan fingerprint density at radius 2 is 1.68 bits per heavy atom. The minimum atomic E-state index is -2.67. The lowest BCUT2D eigenvalue weighted by Crippen LogP contribution is -2.46.